The van der Waals surface area contributed by atoms with Gasteiger partial charge in [-0.05, 0) is 18.2 Å². The fourth-order valence-electron chi connectivity index (χ4n) is 3.81. The van der Waals surface area contributed by atoms with Crippen LogP contribution < -0.4 is 25.9 Å². The van der Waals surface area contributed by atoms with E-state index in [1.807, 2.05) is 0 Å². The summed E-state index contributed by atoms with van der Waals surface area (Å²) in [6.45, 7) is -2.84. The fourth-order valence-corrected chi connectivity index (χ4v) is 4.65. The van der Waals surface area contributed by atoms with E-state index >= 15 is 0 Å². The van der Waals surface area contributed by atoms with Crippen LogP contribution in [-0.2, 0) is 4.79 Å². The molecule has 4 N–H and O–H groups in total. The zero-order chi connectivity index (χ0) is 24.5. The van der Waals surface area contributed by atoms with Gasteiger partial charge in [0.25, 0.3) is 5.91 Å². The second kappa shape index (κ2) is 9.38. The highest BCUT2D eigenvalue weighted by Gasteiger charge is 2.33. The molecule has 1 aromatic carbocycles. The Bertz CT molecular complexity index is 1330. The minimum absolute atomic E-state index is 0.0898. The first-order valence-corrected chi connectivity index (χ1v) is 11.4. The summed E-state index contributed by atoms with van der Waals surface area (Å²) in [6.07, 6.45) is 6.01. The summed E-state index contributed by atoms with van der Waals surface area (Å²) in [5, 5.41) is 8.23. The third kappa shape index (κ3) is 4.70. The largest absolute Gasteiger partial charge is 0.492 e. The number of hydrogen-bond acceptors (Lipinski definition) is 9. The monoisotopic (exact) mass is 503 g/mol. The smallest absolute Gasteiger partial charge is 0.387 e. The molecule has 2 amide bonds. The van der Waals surface area contributed by atoms with Crippen molar-refractivity contribution >= 4 is 29.2 Å². The van der Waals surface area contributed by atoms with Gasteiger partial charge >= 0.3 is 6.61 Å². The Kier molecular flexibility index (Phi) is 6.13. The van der Waals surface area contributed by atoms with Crippen LogP contribution in [0.1, 0.15) is 22.0 Å². The third-order valence-electron chi connectivity index (χ3n) is 5.21. The van der Waals surface area contributed by atoms with Crippen LogP contribution in [0.15, 0.2) is 53.6 Å². The van der Waals surface area contributed by atoms with Gasteiger partial charge in [0.1, 0.15) is 23.6 Å². The van der Waals surface area contributed by atoms with Gasteiger partial charge in [-0.25, -0.2) is 14.9 Å². The maximum absolute atomic E-state index is 13.3. The highest BCUT2D eigenvalue weighted by molar-refractivity contribution is 7.99. The van der Waals surface area contributed by atoms with Crippen molar-refractivity contribution < 1.29 is 27.8 Å². The molecule has 14 heteroatoms. The quantitative estimate of drug-likeness (QED) is 0.437. The van der Waals surface area contributed by atoms with Gasteiger partial charge in [0, 0.05) is 29.9 Å². The standard InChI is InChI=1S/C21H19F2N7O4S/c22-21(23)34-14-7-16-15(33-4-5-35-16)6-11(14)18-13(9-29(28-18)10-17(24)31)27-20(32)12-8-26-30-3-1-2-25-19(12)30/h1-3,6-9,18,21,28H,4-5,10H2,(H2,24,31)(H,27,32). The number of thioether (sulfide) groups is 1. The lowest BCUT2D eigenvalue weighted by atomic mass is 10.0. The van der Waals surface area contributed by atoms with Gasteiger partial charge in [-0.1, -0.05) is 0 Å². The lowest BCUT2D eigenvalue weighted by Crippen LogP contribution is -2.38. The summed E-state index contributed by atoms with van der Waals surface area (Å²) in [5.41, 5.74) is 9.42. The second-order valence-electron chi connectivity index (χ2n) is 7.55. The predicted molar refractivity (Wildman–Crippen MR) is 120 cm³/mol. The number of fused-ring (bicyclic) bond motifs is 2. The molecule has 1 unspecified atom stereocenters. The molecule has 11 nitrogen and oxygen atoms in total. The molecule has 5 rings (SSSR count). The number of carbonyl (C=O) groups is 2. The van der Waals surface area contributed by atoms with Gasteiger partial charge in [0.15, 0.2) is 5.65 Å². The van der Waals surface area contributed by atoms with Gasteiger partial charge in [0.05, 0.1) is 29.4 Å². The van der Waals surface area contributed by atoms with E-state index in [-0.39, 0.29) is 29.1 Å². The Morgan fingerprint density at radius 2 is 2.26 bits per heavy atom. The van der Waals surface area contributed by atoms with Crippen LogP contribution in [0.4, 0.5) is 8.78 Å². The first-order valence-electron chi connectivity index (χ1n) is 10.4. The van der Waals surface area contributed by atoms with E-state index in [1.165, 1.54) is 45.9 Å². The molecule has 4 heterocycles. The Morgan fingerprint density at radius 3 is 3.06 bits per heavy atom. The van der Waals surface area contributed by atoms with Crippen molar-refractivity contribution in [2.24, 2.45) is 5.73 Å². The van der Waals surface area contributed by atoms with E-state index < -0.39 is 24.5 Å². The molecule has 3 aromatic rings. The Morgan fingerprint density at radius 1 is 1.40 bits per heavy atom. The lowest BCUT2D eigenvalue weighted by Gasteiger charge is -2.25. The number of amides is 2. The van der Waals surface area contributed by atoms with E-state index in [2.05, 4.69) is 20.8 Å². The fraction of sp³-hybridized carbons (Fsp3) is 0.238. The van der Waals surface area contributed by atoms with Gasteiger partial charge in [0.2, 0.25) is 5.91 Å². The number of aromatic nitrogens is 3. The molecule has 0 spiro atoms. The Labute approximate surface area is 201 Å². The molecular formula is C21H19F2N7O4S. The van der Waals surface area contributed by atoms with Crippen LogP contribution in [0.2, 0.25) is 0 Å². The molecule has 0 saturated heterocycles. The van der Waals surface area contributed by atoms with Gasteiger partial charge < -0.3 is 25.5 Å². The Balaban J connectivity index is 1.51. The first-order chi connectivity index (χ1) is 16.9. The van der Waals surface area contributed by atoms with Crippen molar-refractivity contribution in [3.8, 4) is 11.5 Å². The molecule has 2 aliphatic rings. The summed E-state index contributed by atoms with van der Waals surface area (Å²) < 4.78 is 38.5. The van der Waals surface area contributed by atoms with Crippen LogP contribution in [0.5, 0.6) is 11.5 Å². The number of halogens is 2. The molecule has 182 valence electrons. The van der Waals surface area contributed by atoms with Crippen LogP contribution in [0.25, 0.3) is 5.65 Å². The summed E-state index contributed by atoms with van der Waals surface area (Å²) in [6, 6.07) is 3.88. The number of ether oxygens (including phenoxy) is 2. The number of nitrogens with two attached hydrogens (primary N) is 1. The minimum atomic E-state index is -3.07. The maximum atomic E-state index is 13.3. The predicted octanol–water partition coefficient (Wildman–Crippen LogP) is 1.43. The van der Waals surface area contributed by atoms with Crippen LogP contribution >= 0.6 is 11.8 Å². The van der Waals surface area contributed by atoms with E-state index in [0.29, 0.717) is 28.7 Å². The normalized spacial score (nSPS) is 17.2. The highest BCUT2D eigenvalue weighted by atomic mass is 32.2. The summed E-state index contributed by atoms with van der Waals surface area (Å²) in [5.74, 6) is -0.0814. The Hall–Kier alpha value is -3.91. The van der Waals surface area contributed by atoms with Crippen LogP contribution in [-0.4, -0.2) is 56.9 Å². The molecule has 0 saturated carbocycles. The molecule has 1 atom stereocenters. The minimum Gasteiger partial charge on any atom is -0.492 e. The lowest BCUT2D eigenvalue weighted by molar-refractivity contribution is -0.119. The van der Waals surface area contributed by atoms with E-state index in [4.69, 9.17) is 15.2 Å². The SMILES string of the molecule is NC(=O)CN1C=C(NC(=O)c2cnn3cccnc23)C(c2cc3c(cc2OC(F)F)SCCO3)N1. The maximum Gasteiger partial charge on any atom is 0.387 e. The number of primary amides is 1. The molecule has 35 heavy (non-hydrogen) atoms. The van der Waals surface area contributed by atoms with Crippen molar-refractivity contribution in [3.63, 3.8) is 0 Å². The number of hydrazine groups is 1. The van der Waals surface area contributed by atoms with Gasteiger partial charge in [-0.15, -0.1) is 11.8 Å². The highest BCUT2D eigenvalue weighted by Crippen LogP contribution is 2.43. The van der Waals surface area contributed by atoms with Crippen molar-refractivity contribution in [1.82, 2.24) is 30.3 Å². The summed E-state index contributed by atoms with van der Waals surface area (Å²) >= 11 is 1.46. The van der Waals surface area contributed by atoms with Crippen LogP contribution in [0.3, 0.4) is 0 Å². The number of benzene rings is 1. The van der Waals surface area contributed by atoms with Crippen LogP contribution in [0, 0.1) is 0 Å². The van der Waals surface area contributed by atoms with E-state index in [1.54, 1.807) is 18.3 Å². The molecule has 0 aliphatic carbocycles. The van der Waals surface area contributed by atoms with Crippen molar-refractivity contribution in [1.29, 1.82) is 0 Å². The molecule has 2 aromatic heterocycles. The van der Waals surface area contributed by atoms with Gasteiger partial charge in [-0.2, -0.15) is 13.9 Å². The number of alkyl halides is 2. The topological polar surface area (TPSA) is 136 Å². The zero-order valence-electron chi connectivity index (χ0n) is 18.0. The average Bonchev–Trinajstić information content (AvgIpc) is 3.42. The van der Waals surface area contributed by atoms with Crippen molar-refractivity contribution in [2.45, 2.75) is 17.5 Å². The molecular weight excluding hydrogens is 484 g/mol. The van der Waals surface area contributed by atoms with Gasteiger partial charge in [-0.3, -0.25) is 9.59 Å². The van der Waals surface area contributed by atoms with Crippen molar-refractivity contribution in [2.75, 3.05) is 18.9 Å². The number of nitrogens with zero attached hydrogens (tertiary/aromatic N) is 4. The van der Waals surface area contributed by atoms with E-state index in [9.17, 15) is 18.4 Å². The molecule has 0 radical (unpaired) electrons. The molecule has 0 fully saturated rings. The second-order valence-corrected chi connectivity index (χ2v) is 8.69. The molecule has 0 bridgehead atoms. The summed E-state index contributed by atoms with van der Waals surface area (Å²) in [4.78, 5) is 29.5. The van der Waals surface area contributed by atoms with Crippen molar-refractivity contribution in [3.05, 3.63) is 59.8 Å². The zero-order valence-corrected chi connectivity index (χ0v) is 18.8. The average molecular weight is 503 g/mol. The number of carbonyl (C=O) groups excluding carboxylic acids is 2. The number of hydrogen-bond donors (Lipinski definition) is 3. The third-order valence-corrected chi connectivity index (χ3v) is 6.21. The number of nitrogens with one attached hydrogen (secondary N) is 2. The first kappa shape index (κ1) is 22.9. The summed E-state index contributed by atoms with van der Waals surface area (Å²) in [7, 11) is 0. The van der Waals surface area contributed by atoms with E-state index in [0.717, 1.165) is 0 Å². The number of rotatable bonds is 7. The molecule has 2 aliphatic heterocycles.